The number of hydrogen-bond donors (Lipinski definition) is 1. The highest BCUT2D eigenvalue weighted by Crippen LogP contribution is 2.05. The second-order valence-electron chi connectivity index (χ2n) is 1.98. The summed E-state index contributed by atoms with van der Waals surface area (Å²) in [5.74, 6) is 0.472. The van der Waals surface area contributed by atoms with E-state index in [1.165, 1.54) is 0 Å². The van der Waals surface area contributed by atoms with E-state index in [1.54, 1.807) is 0 Å². The Kier molecular flexibility index (Phi) is 1.01. The Morgan fingerprint density at radius 3 is 2.71 bits per heavy atom. The van der Waals surface area contributed by atoms with Crippen LogP contribution in [0.3, 0.4) is 0 Å². The highest BCUT2D eigenvalue weighted by atomic mass is 16.2. The molecule has 1 atom stereocenters. The van der Waals surface area contributed by atoms with Crippen LogP contribution in [0.25, 0.3) is 0 Å². The molecule has 0 aromatic rings. The fourth-order valence-electron chi connectivity index (χ4n) is 0.717. The summed E-state index contributed by atoms with van der Waals surface area (Å²) in [4.78, 5) is 10.5. The number of hydrogen-bond acceptors (Lipinski definition) is 1. The van der Waals surface area contributed by atoms with E-state index >= 15 is 0 Å². The third-order valence-electron chi connectivity index (χ3n) is 1.32. The molecule has 0 unspecified atom stereocenters. The zero-order chi connectivity index (χ0) is 5.28. The summed E-state index contributed by atoms with van der Waals surface area (Å²) in [6.07, 6.45) is 1.01. The normalized spacial score (nSPS) is 30.4. The Labute approximate surface area is 42.9 Å². The Bertz CT molecular complexity index is 90.1. The second kappa shape index (κ2) is 1.52. The minimum absolute atomic E-state index is 0.208. The van der Waals surface area contributed by atoms with Crippen molar-refractivity contribution in [2.75, 3.05) is 6.54 Å². The maximum absolute atomic E-state index is 10.5. The summed E-state index contributed by atoms with van der Waals surface area (Å²) in [6, 6.07) is 0. The predicted molar refractivity (Wildman–Crippen MR) is 26.8 cm³/mol. The maximum Gasteiger partial charge on any atom is 0.222 e. The third kappa shape index (κ3) is 0.734. The highest BCUT2D eigenvalue weighted by molar-refractivity contribution is 5.80. The molecule has 1 rings (SSSR count). The molecule has 0 bridgehead atoms. The lowest BCUT2D eigenvalue weighted by molar-refractivity contribution is -0.121. The third-order valence-corrected chi connectivity index (χ3v) is 1.32. The van der Waals surface area contributed by atoms with Gasteiger partial charge >= 0.3 is 0 Å². The van der Waals surface area contributed by atoms with Crippen molar-refractivity contribution in [2.45, 2.75) is 13.3 Å². The van der Waals surface area contributed by atoms with E-state index in [9.17, 15) is 4.79 Å². The first kappa shape index (κ1) is 4.62. The Morgan fingerprint density at radius 1 is 1.86 bits per heavy atom. The lowest BCUT2D eigenvalue weighted by Crippen LogP contribution is -2.16. The Hall–Kier alpha value is -0.530. The van der Waals surface area contributed by atoms with E-state index in [2.05, 4.69) is 5.32 Å². The average molecular weight is 99.1 g/mol. The number of carbonyl (C=O) groups excluding carboxylic acids is 1. The molecule has 7 heavy (non-hydrogen) atoms. The maximum atomic E-state index is 10.5. The van der Waals surface area contributed by atoms with Gasteiger partial charge in [0.15, 0.2) is 0 Å². The summed E-state index contributed by atoms with van der Waals surface area (Å²) in [5, 5.41) is 2.73. The van der Waals surface area contributed by atoms with Crippen molar-refractivity contribution >= 4 is 5.91 Å². The van der Waals surface area contributed by atoms with E-state index in [1.807, 2.05) is 6.92 Å². The van der Waals surface area contributed by atoms with Gasteiger partial charge in [0.1, 0.15) is 0 Å². The van der Waals surface area contributed by atoms with Gasteiger partial charge in [0.2, 0.25) is 5.91 Å². The standard InChI is InChI=1S/C5H9NO/c1-4-2-3-6-5(4)7/h4H,2-3H2,1H3,(H,6,7)/t4-/m0/s1. The minimum Gasteiger partial charge on any atom is -0.356 e. The van der Waals surface area contributed by atoms with Gasteiger partial charge in [-0.2, -0.15) is 0 Å². The molecule has 2 nitrogen and oxygen atoms in total. The first-order chi connectivity index (χ1) is 3.30. The van der Waals surface area contributed by atoms with Crippen molar-refractivity contribution in [1.82, 2.24) is 5.32 Å². The highest BCUT2D eigenvalue weighted by Gasteiger charge is 2.17. The quantitative estimate of drug-likeness (QED) is 0.460. The molecule has 1 aliphatic rings. The monoisotopic (exact) mass is 99.1 g/mol. The smallest absolute Gasteiger partial charge is 0.222 e. The molecule has 0 aromatic carbocycles. The molecular formula is C5H9NO. The van der Waals surface area contributed by atoms with Crippen LogP contribution in [0.2, 0.25) is 0 Å². The minimum atomic E-state index is 0.208. The van der Waals surface area contributed by atoms with Crippen LogP contribution in [0.15, 0.2) is 0 Å². The summed E-state index contributed by atoms with van der Waals surface area (Å²) >= 11 is 0. The first-order valence-corrected chi connectivity index (χ1v) is 2.58. The molecule has 1 fully saturated rings. The molecule has 1 N–H and O–H groups in total. The average Bonchev–Trinajstić information content (AvgIpc) is 1.91. The molecular weight excluding hydrogens is 90.1 g/mol. The van der Waals surface area contributed by atoms with Crippen molar-refractivity contribution in [3.63, 3.8) is 0 Å². The molecule has 0 aromatic heterocycles. The van der Waals surface area contributed by atoms with Gasteiger partial charge in [-0.3, -0.25) is 4.79 Å². The Balaban J connectivity index is 2.48. The summed E-state index contributed by atoms with van der Waals surface area (Å²) in [7, 11) is 0. The van der Waals surface area contributed by atoms with Gasteiger partial charge in [0.05, 0.1) is 0 Å². The van der Waals surface area contributed by atoms with Gasteiger partial charge in [0.25, 0.3) is 0 Å². The number of nitrogens with one attached hydrogen (secondary N) is 1. The predicted octanol–water partition coefficient (Wildman–Crippen LogP) is 0.142. The van der Waals surface area contributed by atoms with Gasteiger partial charge in [0, 0.05) is 12.5 Å². The van der Waals surface area contributed by atoms with Crippen LogP contribution >= 0.6 is 0 Å². The lowest BCUT2D eigenvalue weighted by Gasteiger charge is -1.90. The Morgan fingerprint density at radius 2 is 2.57 bits per heavy atom. The molecule has 40 valence electrons. The van der Waals surface area contributed by atoms with Crippen molar-refractivity contribution in [2.24, 2.45) is 5.92 Å². The van der Waals surface area contributed by atoms with Gasteiger partial charge < -0.3 is 5.32 Å². The summed E-state index contributed by atoms with van der Waals surface area (Å²) in [5.41, 5.74) is 0. The van der Waals surface area contributed by atoms with Crippen molar-refractivity contribution in [3.8, 4) is 0 Å². The van der Waals surface area contributed by atoms with E-state index < -0.39 is 0 Å². The fourth-order valence-corrected chi connectivity index (χ4v) is 0.717. The van der Waals surface area contributed by atoms with Crippen LogP contribution < -0.4 is 5.32 Å². The van der Waals surface area contributed by atoms with E-state index in [-0.39, 0.29) is 11.8 Å². The molecule has 1 aliphatic heterocycles. The van der Waals surface area contributed by atoms with Gasteiger partial charge in [-0.05, 0) is 6.42 Å². The zero-order valence-electron chi connectivity index (χ0n) is 4.40. The van der Waals surface area contributed by atoms with Crippen molar-refractivity contribution < 1.29 is 4.79 Å². The molecule has 2 heteroatoms. The van der Waals surface area contributed by atoms with Crippen molar-refractivity contribution in [3.05, 3.63) is 0 Å². The topological polar surface area (TPSA) is 29.1 Å². The van der Waals surface area contributed by atoms with Crippen LogP contribution in [-0.4, -0.2) is 12.5 Å². The SMILES string of the molecule is C[C@H]1CCNC1=O. The second-order valence-corrected chi connectivity index (χ2v) is 1.98. The van der Waals surface area contributed by atoms with E-state index in [0.29, 0.717) is 0 Å². The molecule has 1 amide bonds. The van der Waals surface area contributed by atoms with Crippen LogP contribution in [-0.2, 0) is 4.79 Å². The molecule has 0 aliphatic carbocycles. The largest absolute Gasteiger partial charge is 0.356 e. The van der Waals surface area contributed by atoms with Gasteiger partial charge in [-0.25, -0.2) is 0 Å². The molecule has 0 saturated carbocycles. The molecule has 1 heterocycles. The van der Waals surface area contributed by atoms with Crippen LogP contribution in [0.5, 0.6) is 0 Å². The number of amides is 1. The fraction of sp³-hybridized carbons (Fsp3) is 0.800. The van der Waals surface area contributed by atoms with Gasteiger partial charge in [-0.1, -0.05) is 6.92 Å². The first-order valence-electron chi connectivity index (χ1n) is 2.58. The zero-order valence-corrected chi connectivity index (χ0v) is 4.40. The van der Waals surface area contributed by atoms with E-state index in [4.69, 9.17) is 0 Å². The van der Waals surface area contributed by atoms with Crippen LogP contribution in [0.4, 0.5) is 0 Å². The molecule has 0 radical (unpaired) electrons. The number of rotatable bonds is 0. The van der Waals surface area contributed by atoms with Crippen LogP contribution in [0, 0.1) is 5.92 Å². The number of carbonyl (C=O) groups is 1. The summed E-state index contributed by atoms with van der Waals surface area (Å²) < 4.78 is 0. The lowest BCUT2D eigenvalue weighted by atomic mass is 10.1. The molecule has 0 spiro atoms. The van der Waals surface area contributed by atoms with E-state index in [0.717, 1.165) is 13.0 Å². The molecule has 1 saturated heterocycles. The van der Waals surface area contributed by atoms with Crippen LogP contribution in [0.1, 0.15) is 13.3 Å². The summed E-state index contributed by atoms with van der Waals surface area (Å²) in [6.45, 7) is 2.82. The van der Waals surface area contributed by atoms with Gasteiger partial charge in [-0.15, -0.1) is 0 Å². The van der Waals surface area contributed by atoms with Crippen molar-refractivity contribution in [1.29, 1.82) is 0 Å².